The molecule has 3 aromatic rings. The molecule has 3 aromatic heterocycles. The number of pyridine rings is 2. The topological polar surface area (TPSA) is 102 Å². The molecule has 0 spiro atoms. The van der Waals surface area contributed by atoms with Crippen LogP contribution in [0.5, 0.6) is 5.88 Å². The number of aromatic nitrogens is 4. The van der Waals surface area contributed by atoms with Crippen molar-refractivity contribution in [3.05, 3.63) is 36.8 Å². The summed E-state index contributed by atoms with van der Waals surface area (Å²) in [6, 6.07) is 5.67. The van der Waals surface area contributed by atoms with Gasteiger partial charge < -0.3 is 19.1 Å². The number of rotatable bonds is 4. The summed E-state index contributed by atoms with van der Waals surface area (Å²) in [6.07, 6.45) is 5.33. The lowest BCUT2D eigenvalue weighted by atomic mass is 10.2. The minimum absolute atomic E-state index is 0.255. The molecule has 0 radical (unpaired) electrons. The average Bonchev–Trinajstić information content (AvgIpc) is 3.16. The number of ether oxygens (including phenoxy) is 3. The summed E-state index contributed by atoms with van der Waals surface area (Å²) in [5, 5.41) is 7.60. The average molecular weight is 425 g/mol. The van der Waals surface area contributed by atoms with Gasteiger partial charge in [0.15, 0.2) is 0 Å². The molecule has 0 bridgehead atoms. The third-order valence-electron chi connectivity index (χ3n) is 4.77. The number of H-pyrrole nitrogens is 1. The van der Waals surface area contributed by atoms with Crippen LogP contribution in [0.2, 0.25) is 0 Å². The van der Waals surface area contributed by atoms with E-state index >= 15 is 0 Å². The van der Waals surface area contributed by atoms with Crippen molar-refractivity contribution >= 4 is 17.0 Å². The monoisotopic (exact) mass is 425 g/mol. The standard InChI is InChI=1S/C22H27N5O4/c1-22(2,3)31-21(28)27-8-5-9-29-16(13-27)14-30-20-17-6-4-7-23-19(17)10-18(26-20)15-11-24-25-12-15/h4,6-7,10-12,16H,5,8-9,13-14H2,1-3H3,(H,24,25)/t16-/m0/s1. The van der Waals surface area contributed by atoms with E-state index in [1.54, 1.807) is 23.5 Å². The molecule has 4 heterocycles. The first-order chi connectivity index (χ1) is 14.9. The molecule has 1 aliphatic heterocycles. The van der Waals surface area contributed by atoms with Gasteiger partial charge in [0.1, 0.15) is 18.3 Å². The highest BCUT2D eigenvalue weighted by Gasteiger charge is 2.27. The van der Waals surface area contributed by atoms with Crippen molar-refractivity contribution in [2.24, 2.45) is 0 Å². The highest BCUT2D eigenvalue weighted by Crippen LogP contribution is 2.28. The fourth-order valence-electron chi connectivity index (χ4n) is 3.35. The molecule has 1 fully saturated rings. The second-order valence-electron chi connectivity index (χ2n) is 8.45. The molecule has 0 saturated carbocycles. The number of carbonyl (C=O) groups excluding carboxylic acids is 1. The fraction of sp³-hybridized carbons (Fsp3) is 0.455. The second-order valence-corrected chi connectivity index (χ2v) is 8.45. The molecule has 164 valence electrons. The Morgan fingerprint density at radius 3 is 3.03 bits per heavy atom. The maximum atomic E-state index is 12.5. The minimum Gasteiger partial charge on any atom is -0.474 e. The number of hydrogen-bond donors (Lipinski definition) is 1. The van der Waals surface area contributed by atoms with Gasteiger partial charge in [-0.15, -0.1) is 0 Å². The normalized spacial score (nSPS) is 17.4. The van der Waals surface area contributed by atoms with E-state index in [0.717, 1.165) is 22.9 Å². The van der Waals surface area contributed by atoms with Crippen LogP contribution in [-0.2, 0) is 9.47 Å². The molecule has 31 heavy (non-hydrogen) atoms. The molecule has 9 nitrogen and oxygen atoms in total. The minimum atomic E-state index is -0.542. The number of hydrogen-bond acceptors (Lipinski definition) is 7. The predicted octanol–water partition coefficient (Wildman–Crippen LogP) is 3.42. The molecular formula is C22H27N5O4. The zero-order valence-electron chi connectivity index (χ0n) is 18.0. The Morgan fingerprint density at radius 1 is 1.39 bits per heavy atom. The smallest absolute Gasteiger partial charge is 0.410 e. The molecule has 0 aliphatic carbocycles. The Hall–Kier alpha value is -3.20. The van der Waals surface area contributed by atoms with Gasteiger partial charge in [-0.1, -0.05) is 0 Å². The number of fused-ring (bicyclic) bond motifs is 1. The van der Waals surface area contributed by atoms with Crippen LogP contribution in [-0.4, -0.2) is 69.2 Å². The van der Waals surface area contributed by atoms with Crippen molar-refractivity contribution in [2.75, 3.05) is 26.3 Å². The van der Waals surface area contributed by atoms with E-state index in [4.69, 9.17) is 14.2 Å². The van der Waals surface area contributed by atoms with Crippen molar-refractivity contribution in [1.29, 1.82) is 0 Å². The number of amides is 1. The molecule has 0 aromatic carbocycles. The molecule has 0 unspecified atom stereocenters. The Kier molecular flexibility index (Phi) is 6.03. The van der Waals surface area contributed by atoms with Crippen molar-refractivity contribution in [1.82, 2.24) is 25.1 Å². The molecule has 1 N–H and O–H groups in total. The summed E-state index contributed by atoms with van der Waals surface area (Å²) >= 11 is 0. The first-order valence-electron chi connectivity index (χ1n) is 10.4. The van der Waals surface area contributed by atoms with Gasteiger partial charge in [-0.3, -0.25) is 10.1 Å². The third-order valence-corrected chi connectivity index (χ3v) is 4.77. The lowest BCUT2D eigenvalue weighted by molar-refractivity contribution is 0.00254. The van der Waals surface area contributed by atoms with Crippen molar-refractivity contribution < 1.29 is 19.0 Å². The van der Waals surface area contributed by atoms with Gasteiger partial charge >= 0.3 is 6.09 Å². The van der Waals surface area contributed by atoms with Crippen molar-refractivity contribution in [3.63, 3.8) is 0 Å². The Morgan fingerprint density at radius 2 is 2.26 bits per heavy atom. The Balaban J connectivity index is 1.51. The molecular weight excluding hydrogens is 398 g/mol. The SMILES string of the molecule is CC(C)(C)OC(=O)N1CCCO[C@H](COc2nc(-c3cn[nH]c3)cc3ncccc23)C1. The summed E-state index contributed by atoms with van der Waals surface area (Å²) in [5.74, 6) is 0.471. The molecule has 1 atom stereocenters. The lowest BCUT2D eigenvalue weighted by Gasteiger charge is -2.27. The van der Waals surface area contributed by atoms with E-state index in [-0.39, 0.29) is 18.8 Å². The molecule has 4 rings (SSSR count). The third kappa shape index (κ3) is 5.29. The lowest BCUT2D eigenvalue weighted by Crippen LogP contribution is -2.42. The van der Waals surface area contributed by atoms with Gasteiger partial charge in [0, 0.05) is 31.1 Å². The predicted molar refractivity (Wildman–Crippen MR) is 115 cm³/mol. The van der Waals surface area contributed by atoms with Gasteiger partial charge in [-0.2, -0.15) is 5.10 Å². The maximum Gasteiger partial charge on any atom is 0.410 e. The summed E-state index contributed by atoms with van der Waals surface area (Å²) in [7, 11) is 0. The van der Waals surface area contributed by atoms with Crippen LogP contribution in [0.4, 0.5) is 4.79 Å². The molecule has 1 saturated heterocycles. The van der Waals surface area contributed by atoms with Gasteiger partial charge in [0.2, 0.25) is 5.88 Å². The van der Waals surface area contributed by atoms with Crippen LogP contribution in [0.15, 0.2) is 36.8 Å². The summed E-state index contributed by atoms with van der Waals surface area (Å²) < 4.78 is 17.5. The maximum absolute atomic E-state index is 12.5. The van der Waals surface area contributed by atoms with Crippen LogP contribution in [0.3, 0.4) is 0 Å². The van der Waals surface area contributed by atoms with Crippen molar-refractivity contribution in [3.8, 4) is 17.1 Å². The number of carbonyl (C=O) groups is 1. The highest BCUT2D eigenvalue weighted by molar-refractivity contribution is 5.86. The summed E-state index contributed by atoms with van der Waals surface area (Å²) in [6.45, 7) is 7.37. The van der Waals surface area contributed by atoms with Crippen molar-refractivity contribution in [2.45, 2.75) is 38.9 Å². The Bertz CT molecular complexity index is 1030. The van der Waals surface area contributed by atoms with E-state index < -0.39 is 5.60 Å². The van der Waals surface area contributed by atoms with Crippen LogP contribution in [0, 0.1) is 0 Å². The first-order valence-corrected chi connectivity index (χ1v) is 10.4. The van der Waals surface area contributed by atoms with Crippen LogP contribution < -0.4 is 4.74 Å². The highest BCUT2D eigenvalue weighted by atomic mass is 16.6. The second kappa shape index (κ2) is 8.89. The van der Waals surface area contributed by atoms with E-state index in [2.05, 4.69) is 20.2 Å². The number of aromatic amines is 1. The van der Waals surface area contributed by atoms with Crippen LogP contribution in [0.25, 0.3) is 22.2 Å². The van der Waals surface area contributed by atoms with Gasteiger partial charge in [0.25, 0.3) is 0 Å². The zero-order chi connectivity index (χ0) is 21.8. The van der Waals surface area contributed by atoms with Gasteiger partial charge in [-0.25, -0.2) is 9.78 Å². The fourth-order valence-corrected chi connectivity index (χ4v) is 3.35. The quantitative estimate of drug-likeness (QED) is 0.683. The summed E-state index contributed by atoms with van der Waals surface area (Å²) in [5.41, 5.74) is 1.80. The van der Waals surface area contributed by atoms with Gasteiger partial charge in [0.05, 0.1) is 29.3 Å². The molecule has 1 amide bonds. The number of nitrogens with zero attached hydrogens (tertiary/aromatic N) is 4. The van der Waals surface area contributed by atoms with Gasteiger partial charge in [-0.05, 0) is 45.4 Å². The molecule has 9 heteroatoms. The van der Waals surface area contributed by atoms with E-state index in [0.29, 0.717) is 31.3 Å². The molecule has 1 aliphatic rings. The summed E-state index contributed by atoms with van der Waals surface area (Å²) in [4.78, 5) is 23.3. The van der Waals surface area contributed by atoms with E-state index in [1.165, 1.54) is 0 Å². The zero-order valence-corrected chi connectivity index (χ0v) is 18.0. The number of nitrogens with one attached hydrogen (secondary N) is 1. The van der Waals surface area contributed by atoms with Crippen LogP contribution >= 0.6 is 0 Å². The van der Waals surface area contributed by atoms with Crippen LogP contribution in [0.1, 0.15) is 27.2 Å². The van der Waals surface area contributed by atoms with E-state index in [9.17, 15) is 4.79 Å². The Labute approximate surface area is 180 Å². The first kappa shape index (κ1) is 21.0. The largest absolute Gasteiger partial charge is 0.474 e. The van der Waals surface area contributed by atoms with E-state index in [1.807, 2.05) is 39.0 Å².